The molecule has 2 rings (SSSR count). The van der Waals surface area contributed by atoms with Crippen molar-refractivity contribution >= 4 is 5.82 Å². The van der Waals surface area contributed by atoms with Crippen LogP contribution in [0.1, 0.15) is 18.1 Å². The number of nitrogen functional groups attached to an aromatic ring is 1. The normalized spacial score (nSPS) is 24.2. The van der Waals surface area contributed by atoms with E-state index in [-0.39, 0.29) is 0 Å². The molecule has 1 fully saturated rings. The Kier molecular flexibility index (Phi) is 1.54. The first kappa shape index (κ1) is 6.67. The van der Waals surface area contributed by atoms with Gasteiger partial charge in [-0.2, -0.15) is 0 Å². The topological polar surface area (TPSA) is 64.1 Å². The van der Waals surface area contributed by atoms with Crippen LogP contribution < -0.4 is 11.1 Å². The molecule has 0 radical (unpaired) electrons. The lowest BCUT2D eigenvalue weighted by atomic mass is 10.1. The van der Waals surface area contributed by atoms with Crippen molar-refractivity contribution in [2.45, 2.75) is 12.3 Å². The Morgan fingerprint density at radius 3 is 3.18 bits per heavy atom. The predicted octanol–water partition coefficient (Wildman–Crippen LogP) is 0.334. The molecule has 1 saturated heterocycles. The Hall–Kier alpha value is -1.03. The highest BCUT2D eigenvalue weighted by Gasteiger charge is 2.20. The summed E-state index contributed by atoms with van der Waals surface area (Å²) >= 11 is 0. The number of rotatable bonds is 1. The third-order valence-corrected chi connectivity index (χ3v) is 2.01. The average Bonchev–Trinajstić information content (AvgIpc) is 2.55. The fourth-order valence-electron chi connectivity index (χ4n) is 1.39. The van der Waals surface area contributed by atoms with Gasteiger partial charge in [-0.15, -0.1) is 0 Å². The van der Waals surface area contributed by atoms with Crippen LogP contribution in [0.5, 0.6) is 0 Å². The first-order valence-corrected chi connectivity index (χ1v) is 3.79. The molecule has 0 bridgehead atoms. The molecule has 1 atom stereocenters. The Balaban J connectivity index is 2.15. The first-order valence-electron chi connectivity index (χ1n) is 3.79. The molecule has 1 aliphatic rings. The van der Waals surface area contributed by atoms with Gasteiger partial charge < -0.3 is 15.6 Å². The standard InChI is InChI=1S/C7H11N3O/c8-7-3-6(11-10-7)5-1-2-9-4-5/h3,5,9H,1-2,4H2,(H2,8,10). The summed E-state index contributed by atoms with van der Waals surface area (Å²) in [5.74, 6) is 1.86. The Morgan fingerprint density at radius 1 is 1.73 bits per heavy atom. The summed E-state index contributed by atoms with van der Waals surface area (Å²) in [5, 5.41) is 6.89. The van der Waals surface area contributed by atoms with E-state index in [0.29, 0.717) is 11.7 Å². The van der Waals surface area contributed by atoms with E-state index in [1.54, 1.807) is 6.07 Å². The highest BCUT2D eigenvalue weighted by molar-refractivity contribution is 5.28. The fourth-order valence-corrected chi connectivity index (χ4v) is 1.39. The van der Waals surface area contributed by atoms with E-state index in [4.69, 9.17) is 10.3 Å². The molecule has 0 aliphatic carbocycles. The van der Waals surface area contributed by atoms with E-state index >= 15 is 0 Å². The summed E-state index contributed by atoms with van der Waals surface area (Å²) in [6.45, 7) is 2.04. The van der Waals surface area contributed by atoms with Crippen molar-refractivity contribution in [3.05, 3.63) is 11.8 Å². The van der Waals surface area contributed by atoms with E-state index in [1.165, 1.54) is 0 Å². The zero-order valence-corrected chi connectivity index (χ0v) is 6.21. The third kappa shape index (κ3) is 1.21. The van der Waals surface area contributed by atoms with E-state index in [9.17, 15) is 0 Å². The second-order valence-electron chi connectivity index (χ2n) is 2.84. The van der Waals surface area contributed by atoms with Gasteiger partial charge >= 0.3 is 0 Å². The van der Waals surface area contributed by atoms with Crippen molar-refractivity contribution in [1.82, 2.24) is 10.5 Å². The van der Waals surface area contributed by atoms with Crippen LogP contribution in [0.25, 0.3) is 0 Å². The van der Waals surface area contributed by atoms with Crippen molar-refractivity contribution in [3.63, 3.8) is 0 Å². The average molecular weight is 153 g/mol. The minimum Gasteiger partial charge on any atom is -0.381 e. The zero-order chi connectivity index (χ0) is 7.68. The van der Waals surface area contributed by atoms with Crippen LogP contribution in [0.2, 0.25) is 0 Å². The summed E-state index contributed by atoms with van der Waals surface area (Å²) < 4.78 is 5.03. The van der Waals surface area contributed by atoms with Gasteiger partial charge in [0.05, 0.1) is 0 Å². The summed E-state index contributed by atoms with van der Waals surface area (Å²) in [6, 6.07) is 1.80. The van der Waals surface area contributed by atoms with Crippen LogP contribution in [-0.2, 0) is 0 Å². The van der Waals surface area contributed by atoms with Crippen LogP contribution in [0.4, 0.5) is 5.82 Å². The second-order valence-corrected chi connectivity index (χ2v) is 2.84. The number of nitrogens with two attached hydrogens (primary N) is 1. The molecule has 60 valence electrons. The smallest absolute Gasteiger partial charge is 0.167 e. The molecule has 1 unspecified atom stereocenters. The predicted molar refractivity (Wildman–Crippen MR) is 41.1 cm³/mol. The highest BCUT2D eigenvalue weighted by atomic mass is 16.5. The molecule has 4 heteroatoms. The van der Waals surface area contributed by atoms with E-state index in [1.807, 2.05) is 0 Å². The molecule has 1 aromatic heterocycles. The quantitative estimate of drug-likeness (QED) is 0.610. The Bertz CT molecular complexity index is 240. The van der Waals surface area contributed by atoms with E-state index in [2.05, 4.69) is 10.5 Å². The molecule has 0 saturated carbocycles. The summed E-state index contributed by atoms with van der Waals surface area (Å²) in [6.07, 6.45) is 1.12. The molecule has 3 N–H and O–H groups in total. The van der Waals surface area contributed by atoms with Gasteiger partial charge in [-0.05, 0) is 13.0 Å². The van der Waals surface area contributed by atoms with Gasteiger partial charge in [0.2, 0.25) is 0 Å². The molecule has 11 heavy (non-hydrogen) atoms. The molecular weight excluding hydrogens is 142 g/mol. The van der Waals surface area contributed by atoms with Crippen molar-refractivity contribution in [2.75, 3.05) is 18.8 Å². The Labute approximate surface area is 64.7 Å². The van der Waals surface area contributed by atoms with Gasteiger partial charge in [-0.25, -0.2) is 0 Å². The molecule has 4 nitrogen and oxygen atoms in total. The van der Waals surface area contributed by atoms with Crippen LogP contribution in [0, 0.1) is 0 Å². The van der Waals surface area contributed by atoms with Crippen LogP contribution >= 0.6 is 0 Å². The molecule has 0 amide bonds. The lowest BCUT2D eigenvalue weighted by Gasteiger charge is -1.99. The van der Waals surface area contributed by atoms with Crippen LogP contribution in [0.15, 0.2) is 10.6 Å². The number of nitrogens with one attached hydrogen (secondary N) is 1. The summed E-state index contributed by atoms with van der Waals surface area (Å²) in [7, 11) is 0. The third-order valence-electron chi connectivity index (χ3n) is 2.01. The lowest BCUT2D eigenvalue weighted by Crippen LogP contribution is -2.07. The SMILES string of the molecule is Nc1cc(C2CCNC2)on1. The van der Waals surface area contributed by atoms with Crippen molar-refractivity contribution in [1.29, 1.82) is 0 Å². The zero-order valence-electron chi connectivity index (χ0n) is 6.21. The minimum atomic E-state index is 0.472. The number of hydrogen-bond acceptors (Lipinski definition) is 4. The van der Waals surface area contributed by atoms with Gasteiger partial charge in [0.15, 0.2) is 5.82 Å². The molecule has 0 aromatic carbocycles. The number of nitrogens with zero attached hydrogens (tertiary/aromatic N) is 1. The highest BCUT2D eigenvalue weighted by Crippen LogP contribution is 2.23. The van der Waals surface area contributed by atoms with Gasteiger partial charge in [-0.3, -0.25) is 0 Å². The fraction of sp³-hybridized carbons (Fsp3) is 0.571. The lowest BCUT2D eigenvalue weighted by molar-refractivity contribution is 0.367. The molecule has 0 spiro atoms. The van der Waals surface area contributed by atoms with Crippen molar-refractivity contribution < 1.29 is 4.52 Å². The molecule has 1 aromatic rings. The van der Waals surface area contributed by atoms with E-state index in [0.717, 1.165) is 25.3 Å². The molecule has 1 aliphatic heterocycles. The second kappa shape index (κ2) is 2.54. The van der Waals surface area contributed by atoms with Gasteiger partial charge in [0, 0.05) is 18.5 Å². The summed E-state index contributed by atoms with van der Waals surface area (Å²) in [5.41, 5.74) is 5.42. The largest absolute Gasteiger partial charge is 0.381 e. The first-order chi connectivity index (χ1) is 5.36. The van der Waals surface area contributed by atoms with E-state index < -0.39 is 0 Å². The summed E-state index contributed by atoms with van der Waals surface area (Å²) in [4.78, 5) is 0. The van der Waals surface area contributed by atoms with Gasteiger partial charge in [0.25, 0.3) is 0 Å². The minimum absolute atomic E-state index is 0.472. The van der Waals surface area contributed by atoms with Crippen LogP contribution in [0.3, 0.4) is 0 Å². The maximum Gasteiger partial charge on any atom is 0.167 e. The monoisotopic (exact) mass is 153 g/mol. The van der Waals surface area contributed by atoms with Gasteiger partial charge in [-0.1, -0.05) is 5.16 Å². The van der Waals surface area contributed by atoms with Gasteiger partial charge in [0.1, 0.15) is 5.76 Å². The number of aromatic nitrogens is 1. The molecule has 2 heterocycles. The maximum atomic E-state index is 5.42. The van der Waals surface area contributed by atoms with Crippen molar-refractivity contribution in [3.8, 4) is 0 Å². The number of hydrogen-bond donors (Lipinski definition) is 2. The van der Waals surface area contributed by atoms with Crippen molar-refractivity contribution in [2.24, 2.45) is 0 Å². The van der Waals surface area contributed by atoms with Crippen LogP contribution in [-0.4, -0.2) is 18.2 Å². The molecular formula is C7H11N3O. The number of anilines is 1. The Morgan fingerprint density at radius 2 is 2.64 bits per heavy atom. The maximum absolute atomic E-state index is 5.42.